The first-order valence-corrected chi connectivity index (χ1v) is 13.6. The number of furan rings is 1. The van der Waals surface area contributed by atoms with E-state index in [1.54, 1.807) is 29.7 Å². The molecule has 10 heteroatoms. The molecule has 0 unspecified atom stereocenters. The number of benzene rings is 1. The summed E-state index contributed by atoms with van der Waals surface area (Å²) in [4.78, 5) is 24.8. The topological polar surface area (TPSA) is 105 Å². The van der Waals surface area contributed by atoms with Gasteiger partial charge in [0, 0.05) is 10.6 Å². The van der Waals surface area contributed by atoms with Gasteiger partial charge >= 0.3 is 0 Å². The third-order valence-electron chi connectivity index (χ3n) is 5.58. The molecule has 8 nitrogen and oxygen atoms in total. The summed E-state index contributed by atoms with van der Waals surface area (Å²) in [6.07, 6.45) is 2.99. The van der Waals surface area contributed by atoms with Crippen LogP contribution in [0, 0.1) is 13.8 Å². The van der Waals surface area contributed by atoms with E-state index in [4.69, 9.17) is 4.42 Å². The lowest BCUT2D eigenvalue weighted by Gasteiger charge is -2.25. The van der Waals surface area contributed by atoms with Crippen LogP contribution in [0.1, 0.15) is 39.2 Å². The van der Waals surface area contributed by atoms with Gasteiger partial charge in [-0.25, -0.2) is 18.4 Å². The number of thiophene rings is 1. The van der Waals surface area contributed by atoms with Crippen molar-refractivity contribution in [1.82, 2.24) is 9.97 Å². The highest BCUT2D eigenvalue weighted by Gasteiger charge is 2.25. The molecular formula is C25H26N4O4S2. The lowest BCUT2D eigenvalue weighted by Crippen LogP contribution is -2.27. The Morgan fingerprint density at radius 2 is 1.94 bits per heavy atom. The van der Waals surface area contributed by atoms with Gasteiger partial charge in [-0.2, -0.15) is 0 Å². The zero-order valence-corrected chi connectivity index (χ0v) is 21.3. The second kappa shape index (κ2) is 10.4. The number of hydrogen-bond acceptors (Lipinski definition) is 8. The van der Waals surface area contributed by atoms with Crippen molar-refractivity contribution < 1.29 is 17.6 Å². The van der Waals surface area contributed by atoms with Gasteiger partial charge in [0.25, 0.3) is 5.91 Å². The van der Waals surface area contributed by atoms with Crippen molar-refractivity contribution in [3.8, 4) is 0 Å². The van der Waals surface area contributed by atoms with Crippen molar-refractivity contribution in [3.05, 3.63) is 87.8 Å². The van der Waals surface area contributed by atoms with Crippen LogP contribution in [0.2, 0.25) is 0 Å². The minimum atomic E-state index is -3.72. The van der Waals surface area contributed by atoms with E-state index in [2.05, 4.69) is 15.3 Å². The first-order chi connectivity index (χ1) is 16.8. The van der Waals surface area contributed by atoms with Crippen LogP contribution in [-0.4, -0.2) is 30.0 Å². The van der Waals surface area contributed by atoms with Crippen LogP contribution in [-0.2, 0) is 22.9 Å². The van der Waals surface area contributed by atoms with Gasteiger partial charge in [-0.1, -0.05) is 19.1 Å². The molecule has 4 aromatic rings. The molecule has 3 heterocycles. The van der Waals surface area contributed by atoms with Crippen molar-refractivity contribution in [2.24, 2.45) is 0 Å². The molecule has 0 spiro atoms. The zero-order valence-electron chi connectivity index (χ0n) is 19.7. The summed E-state index contributed by atoms with van der Waals surface area (Å²) in [6.45, 7) is 6.27. The molecule has 0 bridgehead atoms. The molecule has 1 amide bonds. The highest BCUT2D eigenvalue weighted by atomic mass is 32.2. The van der Waals surface area contributed by atoms with Crippen LogP contribution in [0.4, 0.5) is 11.4 Å². The molecule has 182 valence electrons. The first kappa shape index (κ1) is 24.6. The Kier molecular flexibility index (Phi) is 7.32. The standard InChI is InChI=1S/C25H26N4O4S2/c1-4-35(31,32)25-26-14-22(23(28-25)24(30)27-19-10-9-17(2)18(3)13-19)29(15-20-7-5-11-33-20)16-21-8-6-12-34-21/h5-14H,4,15-16H2,1-3H3,(H,27,30). The van der Waals surface area contributed by atoms with Crippen LogP contribution in [0.15, 0.2) is 69.9 Å². The number of nitrogens with zero attached hydrogens (tertiary/aromatic N) is 3. The predicted octanol–water partition coefficient (Wildman–Crippen LogP) is 5.00. The van der Waals surface area contributed by atoms with E-state index in [9.17, 15) is 13.2 Å². The molecule has 35 heavy (non-hydrogen) atoms. The second-order valence-corrected chi connectivity index (χ2v) is 11.3. The molecular weight excluding hydrogens is 484 g/mol. The second-order valence-electron chi connectivity index (χ2n) is 8.06. The summed E-state index contributed by atoms with van der Waals surface area (Å²) in [6, 6.07) is 13.2. The van der Waals surface area contributed by atoms with Gasteiger partial charge in [0.15, 0.2) is 5.69 Å². The Morgan fingerprint density at radius 1 is 1.11 bits per heavy atom. The molecule has 0 aliphatic carbocycles. The Morgan fingerprint density at radius 3 is 2.60 bits per heavy atom. The highest BCUT2D eigenvalue weighted by molar-refractivity contribution is 7.91. The van der Waals surface area contributed by atoms with Gasteiger partial charge in [0.05, 0.1) is 37.0 Å². The molecule has 1 N–H and O–H groups in total. The summed E-state index contributed by atoms with van der Waals surface area (Å²) < 4.78 is 30.6. The van der Waals surface area contributed by atoms with E-state index in [0.717, 1.165) is 16.0 Å². The molecule has 0 saturated heterocycles. The van der Waals surface area contributed by atoms with Crippen molar-refractivity contribution in [2.45, 2.75) is 39.0 Å². The van der Waals surface area contributed by atoms with Gasteiger partial charge in [0.2, 0.25) is 15.0 Å². The summed E-state index contributed by atoms with van der Waals surface area (Å²) in [7, 11) is -3.72. The third kappa shape index (κ3) is 5.77. The van der Waals surface area contributed by atoms with Gasteiger partial charge < -0.3 is 14.6 Å². The summed E-state index contributed by atoms with van der Waals surface area (Å²) in [5.41, 5.74) is 3.11. The number of carbonyl (C=O) groups is 1. The SMILES string of the molecule is CCS(=O)(=O)c1ncc(N(Cc2ccco2)Cc2cccs2)c(C(=O)Nc2ccc(C)c(C)c2)n1. The minimum Gasteiger partial charge on any atom is -0.467 e. The number of anilines is 2. The van der Waals surface area contributed by atoms with Gasteiger partial charge in [-0.05, 0) is 60.7 Å². The van der Waals surface area contributed by atoms with Crippen molar-refractivity contribution in [2.75, 3.05) is 16.0 Å². The lowest BCUT2D eigenvalue weighted by atomic mass is 10.1. The normalized spacial score (nSPS) is 11.4. The maximum absolute atomic E-state index is 13.5. The fourth-order valence-corrected chi connectivity index (χ4v) is 4.88. The van der Waals surface area contributed by atoms with Crippen molar-refractivity contribution in [3.63, 3.8) is 0 Å². The van der Waals surface area contributed by atoms with Crippen LogP contribution >= 0.6 is 11.3 Å². The molecule has 0 aliphatic heterocycles. The number of nitrogens with one attached hydrogen (secondary N) is 1. The van der Waals surface area contributed by atoms with E-state index >= 15 is 0 Å². The van der Waals surface area contributed by atoms with Gasteiger partial charge in [0.1, 0.15) is 5.76 Å². The van der Waals surface area contributed by atoms with E-state index in [1.807, 2.05) is 54.5 Å². The number of aryl methyl sites for hydroxylation is 2. The Hall–Kier alpha value is -3.50. The molecule has 0 aliphatic rings. The van der Waals surface area contributed by atoms with Gasteiger partial charge in [-0.15, -0.1) is 11.3 Å². The zero-order chi connectivity index (χ0) is 25.0. The lowest BCUT2D eigenvalue weighted by molar-refractivity contribution is 0.102. The fraction of sp³-hybridized carbons (Fsp3) is 0.240. The molecule has 0 atom stereocenters. The average molecular weight is 511 g/mol. The maximum Gasteiger partial charge on any atom is 0.276 e. The molecule has 4 rings (SSSR count). The maximum atomic E-state index is 13.5. The Balaban J connectivity index is 1.78. The molecule has 1 aromatic carbocycles. The molecule has 0 fully saturated rings. The summed E-state index contributed by atoms with van der Waals surface area (Å²) in [5, 5.41) is 4.47. The van der Waals surface area contributed by atoms with E-state index in [0.29, 0.717) is 30.2 Å². The molecule has 0 saturated carbocycles. The number of carbonyl (C=O) groups excluding carboxylic acids is 1. The predicted molar refractivity (Wildman–Crippen MR) is 137 cm³/mol. The van der Waals surface area contributed by atoms with Crippen LogP contribution < -0.4 is 10.2 Å². The smallest absolute Gasteiger partial charge is 0.276 e. The average Bonchev–Trinajstić information content (AvgIpc) is 3.55. The largest absolute Gasteiger partial charge is 0.467 e. The van der Waals surface area contributed by atoms with E-state index in [-0.39, 0.29) is 16.6 Å². The van der Waals surface area contributed by atoms with E-state index in [1.165, 1.54) is 13.1 Å². The highest BCUT2D eigenvalue weighted by Crippen LogP contribution is 2.27. The van der Waals surface area contributed by atoms with Crippen molar-refractivity contribution >= 4 is 38.5 Å². The van der Waals surface area contributed by atoms with Crippen LogP contribution in [0.25, 0.3) is 0 Å². The quantitative estimate of drug-likeness (QED) is 0.316. The molecule has 0 radical (unpaired) electrons. The Labute approximate surface area is 208 Å². The first-order valence-electron chi connectivity index (χ1n) is 11.0. The number of sulfone groups is 1. The minimum absolute atomic E-state index is 0.0200. The monoisotopic (exact) mass is 510 g/mol. The number of aromatic nitrogens is 2. The third-order valence-corrected chi connectivity index (χ3v) is 7.95. The summed E-state index contributed by atoms with van der Waals surface area (Å²) >= 11 is 1.58. The van der Waals surface area contributed by atoms with Crippen LogP contribution in [0.3, 0.4) is 0 Å². The number of hydrogen-bond donors (Lipinski definition) is 1. The van der Waals surface area contributed by atoms with Crippen molar-refractivity contribution in [1.29, 1.82) is 0 Å². The number of rotatable bonds is 9. The van der Waals surface area contributed by atoms with E-state index < -0.39 is 15.7 Å². The number of amides is 1. The van der Waals surface area contributed by atoms with Crippen LogP contribution in [0.5, 0.6) is 0 Å². The Bertz CT molecular complexity index is 1380. The van der Waals surface area contributed by atoms with Gasteiger partial charge in [-0.3, -0.25) is 4.79 Å². The molecule has 3 aromatic heterocycles. The fourth-order valence-electron chi connectivity index (χ4n) is 3.45. The summed E-state index contributed by atoms with van der Waals surface area (Å²) in [5.74, 6) is -0.00303.